The van der Waals surface area contributed by atoms with E-state index in [4.69, 9.17) is 4.74 Å². The van der Waals surface area contributed by atoms with Gasteiger partial charge in [0.2, 0.25) is 5.91 Å². The molecule has 0 aromatic rings. The average molecular weight is 269 g/mol. The minimum Gasteiger partial charge on any atom is -0.444 e. The molecule has 6 heteroatoms. The quantitative estimate of drug-likeness (QED) is 0.671. The normalized spacial score (nSPS) is 31.5. The van der Waals surface area contributed by atoms with Gasteiger partial charge in [-0.15, -0.1) is 0 Å². The molecule has 2 atom stereocenters. The lowest BCUT2D eigenvalue weighted by molar-refractivity contribution is -0.125. The fraction of sp³-hybridized carbons (Fsp3) is 0.846. The van der Waals surface area contributed by atoms with E-state index in [0.717, 1.165) is 6.42 Å². The van der Waals surface area contributed by atoms with Crippen molar-refractivity contribution in [1.82, 2.24) is 15.5 Å². The number of nitrogens with zero attached hydrogens (tertiary/aromatic N) is 1. The van der Waals surface area contributed by atoms with Crippen molar-refractivity contribution < 1.29 is 14.3 Å². The second kappa shape index (κ2) is 4.67. The number of likely N-dealkylation sites (tertiary alicyclic amines) is 1. The molecule has 2 unspecified atom stereocenters. The molecule has 2 heterocycles. The van der Waals surface area contributed by atoms with E-state index in [0.29, 0.717) is 19.6 Å². The average Bonchev–Trinajstić information content (AvgIpc) is 2.66. The van der Waals surface area contributed by atoms with Gasteiger partial charge < -0.3 is 15.0 Å². The van der Waals surface area contributed by atoms with Crippen LogP contribution in [0.2, 0.25) is 0 Å². The van der Waals surface area contributed by atoms with Crippen LogP contribution in [-0.2, 0) is 9.53 Å². The maximum Gasteiger partial charge on any atom is 0.410 e. The summed E-state index contributed by atoms with van der Waals surface area (Å²) in [5, 5.41) is 6.22. The van der Waals surface area contributed by atoms with E-state index >= 15 is 0 Å². The molecule has 2 rings (SSSR count). The van der Waals surface area contributed by atoms with Gasteiger partial charge in [-0.3, -0.25) is 10.1 Å². The van der Waals surface area contributed by atoms with Crippen LogP contribution in [0.3, 0.4) is 0 Å². The Morgan fingerprint density at radius 1 is 1.47 bits per heavy atom. The molecular formula is C13H23N3O3. The largest absolute Gasteiger partial charge is 0.444 e. The molecule has 6 nitrogen and oxygen atoms in total. The van der Waals surface area contributed by atoms with Crippen LogP contribution in [0.1, 0.15) is 34.1 Å². The molecule has 0 aliphatic carbocycles. The summed E-state index contributed by atoms with van der Waals surface area (Å²) in [5.41, 5.74) is -0.682. The van der Waals surface area contributed by atoms with Gasteiger partial charge in [0.1, 0.15) is 5.60 Å². The second-order valence-corrected chi connectivity index (χ2v) is 6.52. The first-order chi connectivity index (χ1) is 8.71. The summed E-state index contributed by atoms with van der Waals surface area (Å²) < 4.78 is 5.38. The van der Waals surface area contributed by atoms with E-state index in [1.807, 2.05) is 27.7 Å². The lowest BCUT2D eigenvalue weighted by Gasteiger charge is -2.38. The highest BCUT2D eigenvalue weighted by atomic mass is 16.6. The SMILES string of the molecule is CC1NC2(CCN(C(=O)OC(C)(C)C)C2)CNC1=O. The number of nitrogens with one attached hydrogen (secondary N) is 2. The van der Waals surface area contributed by atoms with E-state index < -0.39 is 5.60 Å². The highest BCUT2D eigenvalue weighted by Crippen LogP contribution is 2.25. The lowest BCUT2D eigenvalue weighted by Crippen LogP contribution is -2.66. The molecule has 2 aliphatic rings. The predicted octanol–water partition coefficient (Wildman–Crippen LogP) is 0.474. The standard InChI is InChI=1S/C13H23N3O3/c1-9-10(17)14-7-13(15-9)5-6-16(8-13)11(18)19-12(2,3)4/h9,15H,5-8H2,1-4H3,(H,14,17). The van der Waals surface area contributed by atoms with Gasteiger partial charge in [-0.25, -0.2) is 4.79 Å². The fourth-order valence-corrected chi connectivity index (χ4v) is 2.60. The molecule has 0 aromatic heterocycles. The van der Waals surface area contributed by atoms with Gasteiger partial charge in [0.05, 0.1) is 11.6 Å². The Morgan fingerprint density at radius 3 is 2.74 bits per heavy atom. The molecule has 108 valence electrons. The minimum atomic E-state index is -0.478. The number of piperazine rings is 1. The summed E-state index contributed by atoms with van der Waals surface area (Å²) in [6.07, 6.45) is 0.548. The predicted molar refractivity (Wildman–Crippen MR) is 70.8 cm³/mol. The van der Waals surface area contributed by atoms with Crippen molar-refractivity contribution >= 4 is 12.0 Å². The maximum atomic E-state index is 12.0. The van der Waals surface area contributed by atoms with Gasteiger partial charge in [0.15, 0.2) is 0 Å². The molecule has 0 saturated carbocycles. The van der Waals surface area contributed by atoms with Crippen LogP contribution in [0, 0.1) is 0 Å². The summed E-state index contributed by atoms with van der Waals surface area (Å²) in [7, 11) is 0. The zero-order valence-electron chi connectivity index (χ0n) is 12.1. The van der Waals surface area contributed by atoms with Crippen LogP contribution in [0.15, 0.2) is 0 Å². The van der Waals surface area contributed by atoms with Gasteiger partial charge in [-0.2, -0.15) is 0 Å². The van der Waals surface area contributed by atoms with E-state index in [1.54, 1.807) is 4.90 Å². The third-order valence-corrected chi connectivity index (χ3v) is 3.52. The Kier molecular flexibility index (Phi) is 3.47. The van der Waals surface area contributed by atoms with Crippen LogP contribution in [0.5, 0.6) is 0 Å². The highest BCUT2D eigenvalue weighted by Gasteiger charge is 2.45. The van der Waals surface area contributed by atoms with E-state index in [2.05, 4.69) is 10.6 Å². The van der Waals surface area contributed by atoms with Crippen LogP contribution < -0.4 is 10.6 Å². The molecule has 0 aromatic carbocycles. The molecule has 1 spiro atoms. The Balaban J connectivity index is 1.96. The molecule has 0 bridgehead atoms. The molecule has 2 N–H and O–H groups in total. The smallest absolute Gasteiger partial charge is 0.410 e. The minimum absolute atomic E-state index is 0.0151. The summed E-state index contributed by atoms with van der Waals surface area (Å²) in [4.78, 5) is 25.2. The van der Waals surface area contributed by atoms with Crippen molar-refractivity contribution in [1.29, 1.82) is 0 Å². The molecule has 2 fully saturated rings. The van der Waals surface area contributed by atoms with Crippen LogP contribution in [0.4, 0.5) is 4.79 Å². The number of ether oxygens (including phenoxy) is 1. The summed E-state index contributed by atoms with van der Waals surface area (Å²) in [6.45, 7) is 9.21. The Labute approximate surface area is 113 Å². The molecular weight excluding hydrogens is 246 g/mol. The number of hydrogen-bond acceptors (Lipinski definition) is 4. The van der Waals surface area contributed by atoms with E-state index in [1.165, 1.54) is 0 Å². The molecule has 2 aliphatic heterocycles. The van der Waals surface area contributed by atoms with Gasteiger partial charge in [-0.1, -0.05) is 0 Å². The second-order valence-electron chi connectivity index (χ2n) is 6.52. The number of carbonyl (C=O) groups is 2. The topological polar surface area (TPSA) is 70.7 Å². The number of amides is 2. The zero-order chi connectivity index (χ0) is 14.3. The third kappa shape index (κ3) is 3.18. The fourth-order valence-electron chi connectivity index (χ4n) is 2.60. The Morgan fingerprint density at radius 2 is 2.16 bits per heavy atom. The first-order valence-corrected chi connectivity index (χ1v) is 6.74. The Hall–Kier alpha value is -1.30. The first kappa shape index (κ1) is 14.1. The maximum absolute atomic E-state index is 12.0. The van der Waals surface area contributed by atoms with Gasteiger partial charge in [0.25, 0.3) is 0 Å². The monoisotopic (exact) mass is 269 g/mol. The summed E-state index contributed by atoms with van der Waals surface area (Å²) >= 11 is 0. The van der Waals surface area contributed by atoms with Crippen molar-refractivity contribution in [3.63, 3.8) is 0 Å². The number of hydrogen-bond donors (Lipinski definition) is 2. The number of rotatable bonds is 0. The molecule has 2 amide bonds. The number of carbonyl (C=O) groups excluding carboxylic acids is 2. The van der Waals surface area contributed by atoms with Gasteiger partial charge in [0, 0.05) is 19.6 Å². The van der Waals surface area contributed by atoms with E-state index in [9.17, 15) is 9.59 Å². The van der Waals surface area contributed by atoms with Gasteiger partial charge in [-0.05, 0) is 34.1 Å². The lowest BCUT2D eigenvalue weighted by atomic mass is 9.94. The Bertz CT molecular complexity index is 391. The third-order valence-electron chi connectivity index (χ3n) is 3.52. The first-order valence-electron chi connectivity index (χ1n) is 6.74. The highest BCUT2D eigenvalue weighted by molar-refractivity contribution is 5.82. The van der Waals surface area contributed by atoms with Crippen molar-refractivity contribution in [3.05, 3.63) is 0 Å². The summed E-state index contributed by atoms with van der Waals surface area (Å²) in [5.74, 6) is 0.0151. The van der Waals surface area contributed by atoms with E-state index in [-0.39, 0.29) is 23.6 Å². The van der Waals surface area contributed by atoms with Crippen molar-refractivity contribution in [2.75, 3.05) is 19.6 Å². The molecule has 0 radical (unpaired) electrons. The van der Waals surface area contributed by atoms with Crippen LogP contribution in [-0.4, -0.2) is 53.7 Å². The summed E-state index contributed by atoms with van der Waals surface area (Å²) in [6, 6.07) is -0.215. The van der Waals surface area contributed by atoms with Crippen LogP contribution >= 0.6 is 0 Å². The zero-order valence-corrected chi connectivity index (χ0v) is 12.1. The molecule has 19 heavy (non-hydrogen) atoms. The van der Waals surface area contributed by atoms with Crippen LogP contribution in [0.25, 0.3) is 0 Å². The van der Waals surface area contributed by atoms with Crippen molar-refractivity contribution in [2.45, 2.75) is 51.3 Å². The van der Waals surface area contributed by atoms with Crippen molar-refractivity contribution in [2.24, 2.45) is 0 Å². The van der Waals surface area contributed by atoms with Crippen molar-refractivity contribution in [3.8, 4) is 0 Å². The van der Waals surface area contributed by atoms with Gasteiger partial charge >= 0.3 is 6.09 Å². The molecule has 2 saturated heterocycles.